The largest absolute Gasteiger partial charge is 0.478 e. The molecule has 1 amide bonds. The normalized spacial score (nSPS) is 11.3. The fourth-order valence-corrected chi connectivity index (χ4v) is 3.08. The van der Waals surface area contributed by atoms with Gasteiger partial charge in [-0.05, 0) is 29.3 Å². The van der Waals surface area contributed by atoms with E-state index in [9.17, 15) is 14.7 Å². The first kappa shape index (κ1) is 21.5. The Labute approximate surface area is 179 Å². The van der Waals surface area contributed by atoms with Gasteiger partial charge >= 0.3 is 5.97 Å². The molecule has 5 N–H and O–H groups in total. The lowest BCUT2D eigenvalue weighted by Gasteiger charge is -2.19. The van der Waals surface area contributed by atoms with E-state index in [1.54, 1.807) is 41.9 Å². The summed E-state index contributed by atoms with van der Waals surface area (Å²) >= 11 is 0. The predicted octanol–water partition coefficient (Wildman–Crippen LogP) is 4.17. The van der Waals surface area contributed by atoms with Gasteiger partial charge in [0.2, 0.25) is 5.91 Å². The second-order valence-electron chi connectivity index (χ2n) is 6.68. The van der Waals surface area contributed by atoms with E-state index in [4.69, 9.17) is 10.6 Å². The van der Waals surface area contributed by atoms with E-state index < -0.39 is 11.9 Å². The van der Waals surface area contributed by atoms with Crippen molar-refractivity contribution < 1.29 is 19.9 Å². The number of carboxylic acid groups (broad SMARTS) is 1. The minimum atomic E-state index is -1.06. The smallest absolute Gasteiger partial charge is 0.335 e. The quantitative estimate of drug-likeness (QED) is 0.215. The third-order valence-corrected chi connectivity index (χ3v) is 4.57. The van der Waals surface area contributed by atoms with E-state index in [-0.39, 0.29) is 17.7 Å². The van der Waals surface area contributed by atoms with Gasteiger partial charge in [-0.15, -0.1) is 0 Å². The molecule has 0 bridgehead atoms. The highest BCUT2D eigenvalue weighted by atomic mass is 16.5. The fourth-order valence-electron chi connectivity index (χ4n) is 3.08. The van der Waals surface area contributed by atoms with Crippen molar-refractivity contribution in [1.29, 1.82) is 5.41 Å². The molecule has 0 atom stereocenters. The Balaban J connectivity index is 2.18. The van der Waals surface area contributed by atoms with Crippen molar-refractivity contribution in [3.05, 3.63) is 107 Å². The zero-order chi connectivity index (χ0) is 22.2. The number of anilines is 1. The minimum Gasteiger partial charge on any atom is -0.478 e. The maximum Gasteiger partial charge on any atom is 0.335 e. The summed E-state index contributed by atoms with van der Waals surface area (Å²) in [5, 5.41) is 30.3. The van der Waals surface area contributed by atoms with Crippen LogP contribution in [0.25, 0.3) is 5.70 Å². The van der Waals surface area contributed by atoms with Gasteiger partial charge in [-0.2, -0.15) is 0 Å². The van der Waals surface area contributed by atoms with Crippen LogP contribution in [0.5, 0.6) is 0 Å². The van der Waals surface area contributed by atoms with E-state index in [0.29, 0.717) is 28.1 Å². The fraction of sp³-hybridized carbons (Fsp3) is 0.0417. The molecule has 0 aliphatic carbocycles. The zero-order valence-corrected chi connectivity index (χ0v) is 16.5. The van der Waals surface area contributed by atoms with E-state index in [0.717, 1.165) is 0 Å². The molecule has 0 unspecified atom stereocenters. The van der Waals surface area contributed by atoms with E-state index in [1.165, 1.54) is 12.1 Å². The van der Waals surface area contributed by atoms with Gasteiger partial charge in [0, 0.05) is 11.3 Å². The Morgan fingerprint density at radius 3 is 1.97 bits per heavy atom. The average molecular weight is 415 g/mol. The summed E-state index contributed by atoms with van der Waals surface area (Å²) in [5.41, 5.74) is 4.40. The molecule has 0 spiro atoms. The van der Waals surface area contributed by atoms with E-state index in [1.807, 2.05) is 36.4 Å². The van der Waals surface area contributed by atoms with Gasteiger partial charge in [-0.3, -0.25) is 15.4 Å². The number of amides is 1. The number of rotatable bonds is 8. The van der Waals surface area contributed by atoms with Crippen LogP contribution in [0.2, 0.25) is 0 Å². The number of aromatic carboxylic acids is 1. The number of nitrogens with one attached hydrogen (secondary N) is 3. The van der Waals surface area contributed by atoms with Gasteiger partial charge in [0.05, 0.1) is 23.4 Å². The van der Waals surface area contributed by atoms with Crippen LogP contribution >= 0.6 is 0 Å². The SMILES string of the molecule is N=C(/C(CC(=O)NO)=C(\Nc1cccc(C(=O)O)c1)c1ccccc1)c1ccccc1. The first-order valence-corrected chi connectivity index (χ1v) is 9.46. The number of carbonyl (C=O) groups is 2. The number of hydrogen-bond donors (Lipinski definition) is 5. The number of carbonyl (C=O) groups excluding carboxylic acids is 1. The highest BCUT2D eigenvalue weighted by Crippen LogP contribution is 2.27. The maximum absolute atomic E-state index is 12.1. The van der Waals surface area contributed by atoms with Crippen LogP contribution in [0.4, 0.5) is 5.69 Å². The van der Waals surface area contributed by atoms with Crippen LogP contribution in [0.1, 0.15) is 27.9 Å². The standard InChI is InChI=1S/C24H21N3O4/c25-22(16-8-3-1-4-9-16)20(15-21(28)27-31)23(17-10-5-2-6-11-17)26-19-13-7-12-18(14-19)24(29)30/h1-14,25-26,31H,15H2,(H,27,28)(H,29,30)/b23-20-,25-22?. The highest BCUT2D eigenvalue weighted by Gasteiger charge is 2.19. The molecule has 3 aromatic rings. The molecule has 156 valence electrons. The molecule has 0 aromatic heterocycles. The summed E-state index contributed by atoms with van der Waals surface area (Å²) in [6.45, 7) is 0. The molecular weight excluding hydrogens is 394 g/mol. The first-order valence-electron chi connectivity index (χ1n) is 9.46. The molecule has 7 heteroatoms. The Hall–Kier alpha value is -4.23. The number of benzene rings is 3. The van der Waals surface area contributed by atoms with Gasteiger partial charge < -0.3 is 10.4 Å². The third kappa shape index (κ3) is 5.43. The summed E-state index contributed by atoms with van der Waals surface area (Å²) < 4.78 is 0. The van der Waals surface area contributed by atoms with Crippen LogP contribution in [-0.2, 0) is 4.79 Å². The highest BCUT2D eigenvalue weighted by molar-refractivity contribution is 6.17. The molecule has 0 radical (unpaired) electrons. The van der Waals surface area contributed by atoms with Crippen LogP contribution in [0, 0.1) is 5.41 Å². The van der Waals surface area contributed by atoms with Crippen molar-refractivity contribution in [2.45, 2.75) is 6.42 Å². The van der Waals surface area contributed by atoms with Crippen LogP contribution in [0.15, 0.2) is 90.5 Å². The molecule has 3 aromatic carbocycles. The van der Waals surface area contributed by atoms with Crippen molar-refractivity contribution in [2.75, 3.05) is 5.32 Å². The second-order valence-corrected chi connectivity index (χ2v) is 6.68. The van der Waals surface area contributed by atoms with Crippen molar-refractivity contribution in [1.82, 2.24) is 5.48 Å². The van der Waals surface area contributed by atoms with Gasteiger partial charge in [-0.25, -0.2) is 10.3 Å². The lowest BCUT2D eigenvalue weighted by Crippen LogP contribution is -2.23. The molecule has 31 heavy (non-hydrogen) atoms. The predicted molar refractivity (Wildman–Crippen MR) is 118 cm³/mol. The van der Waals surface area contributed by atoms with Gasteiger partial charge in [-0.1, -0.05) is 66.7 Å². The minimum absolute atomic E-state index is 0.102. The third-order valence-electron chi connectivity index (χ3n) is 4.57. The Morgan fingerprint density at radius 2 is 1.39 bits per heavy atom. The van der Waals surface area contributed by atoms with Crippen molar-refractivity contribution in [2.24, 2.45) is 0 Å². The molecule has 7 nitrogen and oxygen atoms in total. The first-order chi connectivity index (χ1) is 15.0. The molecule has 0 heterocycles. The van der Waals surface area contributed by atoms with Crippen molar-refractivity contribution in [3.8, 4) is 0 Å². The van der Waals surface area contributed by atoms with Crippen LogP contribution in [0.3, 0.4) is 0 Å². The zero-order valence-electron chi connectivity index (χ0n) is 16.5. The van der Waals surface area contributed by atoms with Crippen LogP contribution in [-0.4, -0.2) is 27.9 Å². The molecule has 0 saturated heterocycles. The van der Waals surface area contributed by atoms with Crippen molar-refractivity contribution in [3.63, 3.8) is 0 Å². The molecule has 0 saturated carbocycles. The Morgan fingerprint density at radius 1 is 0.806 bits per heavy atom. The lowest BCUT2D eigenvalue weighted by atomic mass is 9.94. The number of hydroxylamine groups is 1. The summed E-state index contributed by atoms with van der Waals surface area (Å²) in [4.78, 5) is 23.5. The van der Waals surface area contributed by atoms with Gasteiger partial charge in [0.25, 0.3) is 0 Å². The van der Waals surface area contributed by atoms with Crippen molar-refractivity contribution >= 4 is 29.0 Å². The van der Waals surface area contributed by atoms with Gasteiger partial charge in [0.1, 0.15) is 0 Å². The molecule has 3 rings (SSSR count). The Kier molecular flexibility index (Phi) is 6.93. The number of carboxylic acids is 1. The molecule has 0 fully saturated rings. The Bertz CT molecular complexity index is 1130. The monoisotopic (exact) mass is 415 g/mol. The lowest BCUT2D eigenvalue weighted by molar-refractivity contribution is -0.128. The molecular formula is C24H21N3O4. The summed E-state index contributed by atoms with van der Waals surface area (Å²) in [6, 6.07) is 24.3. The van der Waals surface area contributed by atoms with E-state index in [2.05, 4.69) is 5.32 Å². The molecule has 0 aliphatic heterocycles. The molecule has 0 aliphatic rings. The topological polar surface area (TPSA) is 123 Å². The van der Waals surface area contributed by atoms with E-state index >= 15 is 0 Å². The summed E-state index contributed by atoms with van der Waals surface area (Å²) in [5.74, 6) is -1.74. The van der Waals surface area contributed by atoms with Crippen LogP contribution < -0.4 is 10.8 Å². The second kappa shape index (κ2) is 10.00. The maximum atomic E-state index is 12.1. The van der Waals surface area contributed by atoms with Gasteiger partial charge in [0.15, 0.2) is 0 Å². The summed E-state index contributed by atoms with van der Waals surface area (Å²) in [6.07, 6.45) is -0.264. The number of hydrogen-bond acceptors (Lipinski definition) is 5. The summed E-state index contributed by atoms with van der Waals surface area (Å²) in [7, 11) is 0. The average Bonchev–Trinajstić information content (AvgIpc) is 2.82.